The molecule has 1 aliphatic heterocycles. The Morgan fingerprint density at radius 2 is 1.81 bits per heavy atom. The van der Waals surface area contributed by atoms with E-state index in [0.717, 1.165) is 6.42 Å². The summed E-state index contributed by atoms with van der Waals surface area (Å²) in [5, 5.41) is 0. The third-order valence-electron chi connectivity index (χ3n) is 4.02. The SMILES string of the molecule is CC1(F)CC2CS(=O)(=O)CC(C1)C2CCN. The predicted molar refractivity (Wildman–Crippen MR) is 61.5 cm³/mol. The van der Waals surface area contributed by atoms with Gasteiger partial charge < -0.3 is 5.73 Å². The number of halogens is 1. The summed E-state index contributed by atoms with van der Waals surface area (Å²) in [4.78, 5) is 0. The molecule has 1 aliphatic carbocycles. The fourth-order valence-electron chi connectivity index (χ4n) is 3.61. The van der Waals surface area contributed by atoms with Crippen LogP contribution < -0.4 is 5.73 Å². The lowest BCUT2D eigenvalue weighted by molar-refractivity contribution is 0.0214. The van der Waals surface area contributed by atoms with Crippen molar-refractivity contribution in [1.29, 1.82) is 0 Å². The second-order valence-electron chi connectivity index (χ2n) is 5.66. The van der Waals surface area contributed by atoms with Crippen LogP contribution in [0.4, 0.5) is 4.39 Å². The maximum atomic E-state index is 14.0. The van der Waals surface area contributed by atoms with Crippen molar-refractivity contribution in [2.45, 2.75) is 31.9 Å². The van der Waals surface area contributed by atoms with Gasteiger partial charge in [0.15, 0.2) is 9.84 Å². The lowest BCUT2D eigenvalue weighted by Gasteiger charge is -2.47. The number of hydrogen-bond acceptors (Lipinski definition) is 3. The second kappa shape index (κ2) is 3.95. The Morgan fingerprint density at radius 1 is 1.31 bits per heavy atom. The van der Waals surface area contributed by atoms with E-state index in [9.17, 15) is 12.8 Å². The Labute approximate surface area is 96.5 Å². The van der Waals surface area contributed by atoms with Crippen molar-refractivity contribution in [3.8, 4) is 0 Å². The van der Waals surface area contributed by atoms with Crippen LogP contribution in [0.3, 0.4) is 0 Å². The van der Waals surface area contributed by atoms with Crippen LogP contribution >= 0.6 is 0 Å². The van der Waals surface area contributed by atoms with Gasteiger partial charge in [0.25, 0.3) is 0 Å². The molecule has 2 rings (SSSR count). The fourth-order valence-corrected chi connectivity index (χ4v) is 5.78. The summed E-state index contributed by atoms with van der Waals surface area (Å²) >= 11 is 0. The first kappa shape index (κ1) is 12.3. The molecule has 2 fully saturated rings. The van der Waals surface area contributed by atoms with Gasteiger partial charge in [-0.2, -0.15) is 0 Å². The summed E-state index contributed by atoms with van der Waals surface area (Å²) < 4.78 is 37.4. The lowest BCUT2D eigenvalue weighted by Crippen LogP contribution is -2.49. The molecular weight excluding hydrogens is 229 g/mol. The first-order chi connectivity index (χ1) is 7.33. The first-order valence-corrected chi connectivity index (χ1v) is 7.74. The zero-order valence-electron chi connectivity index (χ0n) is 9.65. The van der Waals surface area contributed by atoms with Crippen molar-refractivity contribution < 1.29 is 12.8 Å². The highest BCUT2D eigenvalue weighted by molar-refractivity contribution is 7.91. The standard InChI is InChI=1S/C11H20FNO2S/c1-11(12)4-8-6-16(14,15)7-9(5-11)10(8)2-3-13/h8-10H,2-7,13H2,1H3. The van der Waals surface area contributed by atoms with Gasteiger partial charge in [0.1, 0.15) is 5.67 Å². The van der Waals surface area contributed by atoms with Gasteiger partial charge in [0, 0.05) is 0 Å². The van der Waals surface area contributed by atoms with Gasteiger partial charge in [0.05, 0.1) is 11.5 Å². The van der Waals surface area contributed by atoms with Crippen molar-refractivity contribution in [1.82, 2.24) is 0 Å². The molecule has 2 unspecified atom stereocenters. The maximum absolute atomic E-state index is 14.0. The molecule has 0 aromatic rings. The second-order valence-corrected chi connectivity index (χ2v) is 7.81. The molecule has 2 aliphatic rings. The molecule has 2 bridgehead atoms. The van der Waals surface area contributed by atoms with Crippen molar-refractivity contribution in [2.24, 2.45) is 23.5 Å². The van der Waals surface area contributed by atoms with Gasteiger partial charge in [-0.1, -0.05) is 0 Å². The van der Waals surface area contributed by atoms with E-state index in [1.54, 1.807) is 6.92 Å². The highest BCUT2D eigenvalue weighted by Crippen LogP contribution is 2.47. The van der Waals surface area contributed by atoms with E-state index in [2.05, 4.69) is 0 Å². The first-order valence-electron chi connectivity index (χ1n) is 5.92. The van der Waals surface area contributed by atoms with Gasteiger partial charge in [-0.3, -0.25) is 0 Å². The van der Waals surface area contributed by atoms with Gasteiger partial charge in [-0.25, -0.2) is 12.8 Å². The Balaban J connectivity index is 2.23. The summed E-state index contributed by atoms with van der Waals surface area (Å²) in [6.07, 6.45) is 1.60. The molecule has 3 nitrogen and oxygen atoms in total. The molecule has 0 radical (unpaired) electrons. The van der Waals surface area contributed by atoms with Gasteiger partial charge in [-0.05, 0) is 50.5 Å². The molecule has 16 heavy (non-hydrogen) atoms. The molecule has 0 aromatic carbocycles. The molecule has 2 N–H and O–H groups in total. The highest BCUT2D eigenvalue weighted by Gasteiger charge is 2.49. The Bertz CT molecular complexity index is 342. The molecule has 2 atom stereocenters. The summed E-state index contributed by atoms with van der Waals surface area (Å²) in [5.74, 6) is 0.603. The minimum atomic E-state index is -2.95. The Morgan fingerprint density at radius 3 is 2.25 bits per heavy atom. The van der Waals surface area contributed by atoms with Crippen LogP contribution in [0, 0.1) is 17.8 Å². The minimum absolute atomic E-state index is 0.0175. The molecule has 0 aromatic heterocycles. The molecule has 0 amide bonds. The number of rotatable bonds is 2. The normalized spacial score (nSPS) is 46.6. The highest BCUT2D eigenvalue weighted by atomic mass is 32.2. The summed E-state index contributed by atoms with van der Waals surface area (Å²) in [6.45, 7) is 2.17. The Hall–Kier alpha value is -0.160. The van der Waals surface area contributed by atoms with E-state index in [1.165, 1.54) is 0 Å². The van der Waals surface area contributed by atoms with Gasteiger partial charge in [0.2, 0.25) is 0 Å². The molecule has 0 spiro atoms. The Kier molecular flexibility index (Phi) is 3.03. The number of fused-ring (bicyclic) bond motifs is 2. The molecule has 1 heterocycles. The van der Waals surface area contributed by atoms with E-state index in [4.69, 9.17) is 5.73 Å². The van der Waals surface area contributed by atoms with Crippen LogP contribution in [0.25, 0.3) is 0 Å². The summed E-state index contributed by atoms with van der Waals surface area (Å²) in [5.41, 5.74) is 4.37. The molecule has 94 valence electrons. The summed E-state index contributed by atoms with van der Waals surface area (Å²) in [7, 11) is -2.95. The van der Waals surface area contributed by atoms with Gasteiger partial charge >= 0.3 is 0 Å². The topological polar surface area (TPSA) is 60.2 Å². The smallest absolute Gasteiger partial charge is 0.150 e. The zero-order valence-corrected chi connectivity index (χ0v) is 10.5. The largest absolute Gasteiger partial charge is 0.330 e. The van der Waals surface area contributed by atoms with Crippen molar-refractivity contribution in [3.05, 3.63) is 0 Å². The summed E-state index contributed by atoms with van der Waals surface area (Å²) in [6, 6.07) is 0. The van der Waals surface area contributed by atoms with E-state index >= 15 is 0 Å². The van der Waals surface area contributed by atoms with E-state index in [1.807, 2.05) is 0 Å². The van der Waals surface area contributed by atoms with Crippen LogP contribution in [-0.4, -0.2) is 32.1 Å². The van der Waals surface area contributed by atoms with Crippen LogP contribution in [0.5, 0.6) is 0 Å². The number of nitrogens with two attached hydrogens (primary N) is 1. The van der Waals surface area contributed by atoms with E-state index in [-0.39, 0.29) is 23.3 Å². The van der Waals surface area contributed by atoms with Crippen LogP contribution in [-0.2, 0) is 9.84 Å². The average Bonchev–Trinajstić information content (AvgIpc) is 2.05. The zero-order chi connectivity index (χ0) is 12.0. The maximum Gasteiger partial charge on any atom is 0.150 e. The van der Waals surface area contributed by atoms with E-state index < -0.39 is 15.5 Å². The molecule has 1 saturated heterocycles. The average molecular weight is 249 g/mol. The van der Waals surface area contributed by atoms with Crippen LogP contribution in [0.1, 0.15) is 26.2 Å². The van der Waals surface area contributed by atoms with Crippen LogP contribution in [0.2, 0.25) is 0 Å². The third kappa shape index (κ3) is 2.40. The van der Waals surface area contributed by atoms with Crippen molar-refractivity contribution >= 4 is 9.84 Å². The third-order valence-corrected chi connectivity index (χ3v) is 5.89. The molecular formula is C11H20FNO2S. The van der Waals surface area contributed by atoms with Gasteiger partial charge in [-0.15, -0.1) is 0 Å². The van der Waals surface area contributed by atoms with Crippen molar-refractivity contribution in [2.75, 3.05) is 18.1 Å². The predicted octanol–water partition coefficient (Wildman–Crippen LogP) is 1.13. The fraction of sp³-hybridized carbons (Fsp3) is 1.00. The lowest BCUT2D eigenvalue weighted by atomic mass is 9.66. The quantitative estimate of drug-likeness (QED) is 0.798. The minimum Gasteiger partial charge on any atom is -0.330 e. The number of alkyl halides is 1. The number of hydrogen-bond donors (Lipinski definition) is 1. The van der Waals surface area contributed by atoms with Crippen molar-refractivity contribution in [3.63, 3.8) is 0 Å². The molecule has 5 heteroatoms. The van der Waals surface area contributed by atoms with Crippen LogP contribution in [0.15, 0.2) is 0 Å². The number of sulfone groups is 1. The molecule has 1 saturated carbocycles. The monoisotopic (exact) mass is 249 g/mol. The van der Waals surface area contributed by atoms with E-state index in [0.29, 0.717) is 25.3 Å².